The Morgan fingerprint density at radius 1 is 1.31 bits per heavy atom. The van der Waals surface area contributed by atoms with E-state index >= 15 is 0 Å². The molecule has 0 saturated carbocycles. The van der Waals surface area contributed by atoms with E-state index in [4.69, 9.17) is 5.73 Å². The van der Waals surface area contributed by atoms with E-state index in [9.17, 15) is 18.0 Å². The molecule has 26 heavy (non-hydrogen) atoms. The van der Waals surface area contributed by atoms with E-state index in [2.05, 4.69) is 4.99 Å². The second kappa shape index (κ2) is 6.88. The number of benzene rings is 1. The van der Waals surface area contributed by atoms with Crippen LogP contribution in [0.3, 0.4) is 0 Å². The summed E-state index contributed by atoms with van der Waals surface area (Å²) < 4.78 is 39.8. The van der Waals surface area contributed by atoms with Crippen molar-refractivity contribution in [2.24, 2.45) is 10.7 Å². The Labute approximate surface area is 152 Å². The third-order valence-corrected chi connectivity index (χ3v) is 5.39. The average Bonchev–Trinajstić information content (AvgIpc) is 3.10. The van der Waals surface area contributed by atoms with Gasteiger partial charge in [0.1, 0.15) is 0 Å². The molecule has 2 amide bonds. The maximum atomic E-state index is 12.7. The van der Waals surface area contributed by atoms with Crippen molar-refractivity contribution in [3.63, 3.8) is 0 Å². The van der Waals surface area contributed by atoms with Crippen LogP contribution >= 0.6 is 11.3 Å². The van der Waals surface area contributed by atoms with Crippen molar-refractivity contribution in [3.05, 3.63) is 45.7 Å². The van der Waals surface area contributed by atoms with Crippen molar-refractivity contribution < 1.29 is 18.0 Å². The van der Waals surface area contributed by atoms with Gasteiger partial charge in [0.2, 0.25) is 0 Å². The van der Waals surface area contributed by atoms with Gasteiger partial charge in [0.05, 0.1) is 5.56 Å². The van der Waals surface area contributed by atoms with Gasteiger partial charge in [0, 0.05) is 35.4 Å². The Morgan fingerprint density at radius 3 is 2.50 bits per heavy atom. The average molecular weight is 384 g/mol. The normalized spacial score (nSPS) is 21.5. The first-order valence-corrected chi connectivity index (χ1v) is 8.96. The van der Waals surface area contributed by atoms with E-state index < -0.39 is 11.7 Å². The minimum absolute atomic E-state index is 0.0683. The summed E-state index contributed by atoms with van der Waals surface area (Å²) in [5.41, 5.74) is 5.74. The number of thiazole rings is 1. The maximum Gasteiger partial charge on any atom is 0.416 e. The molecule has 0 spiro atoms. The Bertz CT molecular complexity index is 869. The number of carbonyl (C=O) groups is 1. The third kappa shape index (κ3) is 3.68. The fraction of sp³-hybridized carbons (Fsp3) is 0.412. The molecule has 2 atom stereocenters. The third-order valence-electron chi connectivity index (χ3n) is 4.49. The first-order chi connectivity index (χ1) is 12.2. The van der Waals surface area contributed by atoms with Crippen molar-refractivity contribution in [1.82, 2.24) is 9.47 Å². The first-order valence-electron chi connectivity index (χ1n) is 8.14. The van der Waals surface area contributed by atoms with Crippen LogP contribution in [0.4, 0.5) is 18.0 Å². The summed E-state index contributed by atoms with van der Waals surface area (Å²) in [5.74, 6) is 0. The van der Waals surface area contributed by atoms with Gasteiger partial charge in [-0.05, 0) is 44.5 Å². The lowest BCUT2D eigenvalue weighted by Gasteiger charge is -2.20. The van der Waals surface area contributed by atoms with Gasteiger partial charge >= 0.3 is 12.2 Å². The number of nitrogens with zero attached hydrogens (tertiary/aromatic N) is 3. The SMILES string of the molecule is Cc1cn(-c2ccc(C(F)(F)F)cc2)/c(=N/C(=O)N2CC[C@H](N)[C@H]2C)s1. The molecule has 1 aromatic carbocycles. The number of aryl methyl sites for hydroxylation is 1. The molecule has 2 aromatic rings. The number of amides is 2. The molecule has 1 aliphatic heterocycles. The molecule has 2 heterocycles. The number of urea groups is 1. The second-order valence-electron chi connectivity index (χ2n) is 6.32. The molecule has 1 saturated heterocycles. The van der Waals surface area contributed by atoms with E-state index in [1.165, 1.54) is 23.5 Å². The van der Waals surface area contributed by atoms with Crippen LogP contribution in [0, 0.1) is 6.92 Å². The number of carbonyl (C=O) groups excluding carboxylic acids is 1. The number of alkyl halides is 3. The Kier molecular flexibility index (Phi) is 4.94. The highest BCUT2D eigenvalue weighted by Gasteiger charge is 2.32. The topological polar surface area (TPSA) is 63.6 Å². The minimum atomic E-state index is -4.39. The summed E-state index contributed by atoms with van der Waals surface area (Å²) in [6.45, 7) is 4.28. The fourth-order valence-corrected chi connectivity index (χ4v) is 3.74. The molecule has 0 bridgehead atoms. The van der Waals surface area contributed by atoms with Crippen molar-refractivity contribution >= 4 is 17.4 Å². The van der Waals surface area contributed by atoms with E-state index in [-0.39, 0.29) is 18.1 Å². The number of likely N-dealkylation sites (tertiary alicyclic amines) is 1. The van der Waals surface area contributed by atoms with Crippen molar-refractivity contribution in [3.8, 4) is 5.69 Å². The van der Waals surface area contributed by atoms with Crippen molar-refractivity contribution in [2.45, 2.75) is 38.5 Å². The standard InChI is InChI=1S/C17H19F3N4OS/c1-10-9-24(13-5-3-12(4-6-13)17(18,19)20)16(26-10)22-15(25)23-8-7-14(21)11(23)2/h3-6,9,11,14H,7-8,21H2,1-2H3/b22-16-/t11-,14+/m1/s1. The number of hydrogen-bond acceptors (Lipinski definition) is 3. The van der Waals surface area contributed by atoms with Crippen LogP contribution in [0.5, 0.6) is 0 Å². The van der Waals surface area contributed by atoms with E-state index in [0.29, 0.717) is 17.0 Å². The molecule has 3 rings (SSSR count). The molecule has 0 radical (unpaired) electrons. The lowest BCUT2D eigenvalue weighted by atomic mass is 10.2. The minimum Gasteiger partial charge on any atom is -0.326 e. The Hall–Kier alpha value is -2.13. The highest BCUT2D eigenvalue weighted by molar-refractivity contribution is 7.09. The summed E-state index contributed by atoms with van der Waals surface area (Å²) in [5, 5.41) is 0. The van der Waals surface area contributed by atoms with Crippen LogP contribution in [-0.4, -0.2) is 34.1 Å². The molecule has 1 aliphatic rings. The molecule has 9 heteroatoms. The van der Waals surface area contributed by atoms with Crippen LogP contribution in [-0.2, 0) is 6.18 Å². The number of hydrogen-bond donors (Lipinski definition) is 1. The van der Waals surface area contributed by atoms with E-state index in [1.807, 2.05) is 13.8 Å². The van der Waals surface area contributed by atoms with Crippen LogP contribution in [0.1, 0.15) is 23.8 Å². The molecule has 0 aliphatic carbocycles. The smallest absolute Gasteiger partial charge is 0.326 e. The summed E-state index contributed by atoms with van der Waals surface area (Å²) in [6, 6.07) is 4.23. The zero-order chi connectivity index (χ0) is 19.1. The van der Waals surface area contributed by atoms with Crippen LogP contribution in [0.2, 0.25) is 0 Å². The van der Waals surface area contributed by atoms with E-state index in [0.717, 1.165) is 23.4 Å². The Morgan fingerprint density at radius 2 is 1.96 bits per heavy atom. The first kappa shape index (κ1) is 18.7. The van der Waals surface area contributed by atoms with Gasteiger partial charge in [0.25, 0.3) is 0 Å². The van der Waals surface area contributed by atoms with Crippen LogP contribution < -0.4 is 10.5 Å². The Balaban J connectivity index is 1.95. The number of aromatic nitrogens is 1. The number of nitrogens with two attached hydrogens (primary N) is 1. The fourth-order valence-electron chi connectivity index (χ4n) is 2.91. The van der Waals surface area contributed by atoms with Gasteiger partial charge in [-0.2, -0.15) is 18.2 Å². The number of rotatable bonds is 1. The lowest BCUT2D eigenvalue weighted by molar-refractivity contribution is -0.137. The van der Waals surface area contributed by atoms with E-state index in [1.54, 1.807) is 15.7 Å². The molecule has 0 unspecified atom stereocenters. The molecular weight excluding hydrogens is 365 g/mol. The quantitative estimate of drug-likeness (QED) is 0.820. The lowest BCUT2D eigenvalue weighted by Crippen LogP contribution is -2.39. The van der Waals surface area contributed by atoms with Crippen LogP contribution in [0.15, 0.2) is 35.5 Å². The summed E-state index contributed by atoms with van der Waals surface area (Å²) in [6.07, 6.45) is -1.91. The van der Waals surface area contributed by atoms with Gasteiger partial charge in [-0.3, -0.25) is 4.57 Å². The molecule has 2 N–H and O–H groups in total. The second-order valence-corrected chi connectivity index (χ2v) is 7.53. The predicted octanol–water partition coefficient (Wildman–Crippen LogP) is 3.31. The summed E-state index contributed by atoms with van der Waals surface area (Å²) in [4.78, 5) is 19.6. The van der Waals surface area contributed by atoms with Crippen molar-refractivity contribution in [1.29, 1.82) is 0 Å². The van der Waals surface area contributed by atoms with Gasteiger partial charge < -0.3 is 10.6 Å². The largest absolute Gasteiger partial charge is 0.416 e. The zero-order valence-electron chi connectivity index (χ0n) is 14.3. The maximum absolute atomic E-state index is 12.7. The zero-order valence-corrected chi connectivity index (χ0v) is 15.1. The number of halogens is 3. The molecular formula is C17H19F3N4OS. The molecule has 5 nitrogen and oxygen atoms in total. The van der Waals surface area contributed by atoms with Gasteiger partial charge in [-0.15, -0.1) is 11.3 Å². The molecule has 140 valence electrons. The summed E-state index contributed by atoms with van der Waals surface area (Å²) in [7, 11) is 0. The highest BCUT2D eigenvalue weighted by atomic mass is 32.1. The van der Waals surface area contributed by atoms with Gasteiger partial charge in [-0.25, -0.2) is 4.79 Å². The molecule has 1 fully saturated rings. The van der Waals surface area contributed by atoms with Crippen molar-refractivity contribution in [2.75, 3.05) is 6.54 Å². The monoisotopic (exact) mass is 384 g/mol. The van der Waals surface area contributed by atoms with Gasteiger partial charge in [0.15, 0.2) is 4.80 Å². The predicted molar refractivity (Wildman–Crippen MR) is 93.1 cm³/mol. The highest BCUT2D eigenvalue weighted by Crippen LogP contribution is 2.29. The summed E-state index contributed by atoms with van der Waals surface area (Å²) >= 11 is 1.30. The van der Waals surface area contributed by atoms with Crippen LogP contribution in [0.25, 0.3) is 5.69 Å². The van der Waals surface area contributed by atoms with Gasteiger partial charge in [-0.1, -0.05) is 0 Å². The molecule has 1 aromatic heterocycles.